The van der Waals surface area contributed by atoms with Gasteiger partial charge in [-0.05, 0) is 6.92 Å². The Balaban J connectivity index is 2.19. The highest BCUT2D eigenvalue weighted by Gasteiger charge is 2.16. The van der Waals surface area contributed by atoms with Crippen molar-refractivity contribution in [3.05, 3.63) is 0 Å². The number of rotatable bonds is 2. The van der Waals surface area contributed by atoms with Gasteiger partial charge in [0.2, 0.25) is 0 Å². The first-order valence-corrected chi connectivity index (χ1v) is 2.98. The lowest BCUT2D eigenvalue weighted by molar-refractivity contribution is -0.118. The summed E-state index contributed by atoms with van der Waals surface area (Å²) in [6.07, 6.45) is 0.502. The van der Waals surface area contributed by atoms with E-state index in [1.54, 1.807) is 6.92 Å². The minimum absolute atomic E-state index is 0.0162. The molecule has 52 valence electrons. The predicted molar refractivity (Wildman–Crippen MR) is 31.0 cm³/mol. The van der Waals surface area contributed by atoms with E-state index in [2.05, 4.69) is 0 Å². The minimum atomic E-state index is 0.0162. The molecule has 0 aliphatic carbocycles. The van der Waals surface area contributed by atoms with Crippen LogP contribution in [-0.2, 0) is 14.3 Å². The van der Waals surface area contributed by atoms with Gasteiger partial charge >= 0.3 is 0 Å². The fraction of sp³-hybridized carbons (Fsp3) is 0.833. The van der Waals surface area contributed by atoms with Crippen molar-refractivity contribution in [2.24, 2.45) is 0 Å². The van der Waals surface area contributed by atoms with Crippen LogP contribution in [-0.4, -0.2) is 25.3 Å². The average molecular weight is 130 g/mol. The van der Waals surface area contributed by atoms with Crippen LogP contribution in [0.25, 0.3) is 0 Å². The molecule has 1 unspecified atom stereocenters. The summed E-state index contributed by atoms with van der Waals surface area (Å²) in [5.74, 6) is 0.158. The quantitative estimate of drug-likeness (QED) is 0.540. The summed E-state index contributed by atoms with van der Waals surface area (Å²) < 4.78 is 9.90. The van der Waals surface area contributed by atoms with Gasteiger partial charge in [0.15, 0.2) is 0 Å². The number of ether oxygens (including phenoxy) is 2. The third-order valence-electron chi connectivity index (χ3n) is 1.21. The van der Waals surface area contributed by atoms with Gasteiger partial charge in [-0.25, -0.2) is 0 Å². The smallest absolute Gasteiger partial charge is 0.147 e. The number of hydrogen-bond donors (Lipinski definition) is 0. The highest BCUT2D eigenvalue weighted by molar-refractivity contribution is 5.75. The Kier molecular flexibility index (Phi) is 2.19. The molecule has 0 amide bonds. The Morgan fingerprint density at radius 2 is 2.56 bits per heavy atom. The van der Waals surface area contributed by atoms with Crippen molar-refractivity contribution in [1.82, 2.24) is 0 Å². The molecule has 0 radical (unpaired) electrons. The van der Waals surface area contributed by atoms with Crippen molar-refractivity contribution in [2.45, 2.75) is 19.4 Å². The summed E-state index contributed by atoms with van der Waals surface area (Å²) >= 11 is 0. The molecule has 0 spiro atoms. The van der Waals surface area contributed by atoms with Gasteiger partial charge in [0, 0.05) is 6.42 Å². The highest BCUT2D eigenvalue weighted by atomic mass is 16.7. The molecular formula is C6H10O3. The van der Waals surface area contributed by atoms with Crippen molar-refractivity contribution in [2.75, 3.05) is 13.4 Å². The van der Waals surface area contributed by atoms with Crippen molar-refractivity contribution in [3.63, 3.8) is 0 Å². The Morgan fingerprint density at radius 1 is 1.78 bits per heavy atom. The number of carbonyl (C=O) groups excluding carboxylic acids is 1. The van der Waals surface area contributed by atoms with E-state index < -0.39 is 0 Å². The van der Waals surface area contributed by atoms with Crippen molar-refractivity contribution < 1.29 is 14.3 Å². The third-order valence-corrected chi connectivity index (χ3v) is 1.21. The lowest BCUT2D eigenvalue weighted by atomic mass is 10.2. The second-order valence-electron chi connectivity index (χ2n) is 2.18. The SMILES string of the molecule is CC(=O)CC1COCO1. The first-order valence-electron chi connectivity index (χ1n) is 2.98. The Hall–Kier alpha value is -0.410. The van der Waals surface area contributed by atoms with Gasteiger partial charge in [0.25, 0.3) is 0 Å². The number of ketones is 1. The maximum atomic E-state index is 10.5. The van der Waals surface area contributed by atoms with Crippen LogP contribution >= 0.6 is 0 Å². The molecule has 1 saturated heterocycles. The molecule has 1 aliphatic heterocycles. The molecule has 0 saturated carbocycles. The van der Waals surface area contributed by atoms with Crippen LogP contribution in [0.1, 0.15) is 13.3 Å². The van der Waals surface area contributed by atoms with Crippen LogP contribution in [0.15, 0.2) is 0 Å². The number of hydrogen-bond acceptors (Lipinski definition) is 3. The van der Waals surface area contributed by atoms with E-state index in [9.17, 15) is 4.79 Å². The Morgan fingerprint density at radius 3 is 3.00 bits per heavy atom. The standard InChI is InChI=1S/C6H10O3/c1-5(7)2-6-3-8-4-9-6/h6H,2-4H2,1H3. The summed E-state index contributed by atoms with van der Waals surface area (Å²) in [6.45, 7) is 2.47. The van der Waals surface area contributed by atoms with E-state index >= 15 is 0 Å². The molecule has 0 aromatic rings. The van der Waals surface area contributed by atoms with Crippen LogP contribution in [0.3, 0.4) is 0 Å². The van der Waals surface area contributed by atoms with Gasteiger partial charge in [-0.3, -0.25) is 4.79 Å². The maximum absolute atomic E-state index is 10.5. The maximum Gasteiger partial charge on any atom is 0.147 e. The average Bonchev–Trinajstić information content (AvgIpc) is 2.15. The Labute approximate surface area is 53.9 Å². The molecule has 1 rings (SSSR count). The van der Waals surface area contributed by atoms with Gasteiger partial charge in [-0.1, -0.05) is 0 Å². The zero-order chi connectivity index (χ0) is 6.69. The normalized spacial score (nSPS) is 26.6. The van der Waals surface area contributed by atoms with E-state index in [1.807, 2.05) is 0 Å². The number of carbonyl (C=O) groups is 1. The van der Waals surface area contributed by atoms with E-state index in [4.69, 9.17) is 9.47 Å². The van der Waals surface area contributed by atoms with E-state index in [0.717, 1.165) is 0 Å². The van der Waals surface area contributed by atoms with E-state index in [1.165, 1.54) is 0 Å². The fourth-order valence-corrected chi connectivity index (χ4v) is 0.810. The molecule has 0 aromatic carbocycles. The molecule has 0 bridgehead atoms. The zero-order valence-electron chi connectivity index (χ0n) is 5.42. The molecule has 9 heavy (non-hydrogen) atoms. The zero-order valence-corrected chi connectivity index (χ0v) is 5.42. The van der Waals surface area contributed by atoms with E-state index in [-0.39, 0.29) is 11.9 Å². The van der Waals surface area contributed by atoms with Crippen LogP contribution in [0.5, 0.6) is 0 Å². The summed E-state index contributed by atoms with van der Waals surface area (Å²) in [4.78, 5) is 10.5. The molecular weight excluding hydrogens is 120 g/mol. The largest absolute Gasteiger partial charge is 0.353 e. The molecule has 0 aromatic heterocycles. The van der Waals surface area contributed by atoms with Gasteiger partial charge in [0.05, 0.1) is 12.7 Å². The second kappa shape index (κ2) is 2.94. The first kappa shape index (κ1) is 6.71. The molecule has 0 N–H and O–H groups in total. The topological polar surface area (TPSA) is 35.5 Å². The molecule has 1 aliphatic rings. The molecule has 1 atom stereocenters. The lowest BCUT2D eigenvalue weighted by Crippen LogP contribution is -2.13. The van der Waals surface area contributed by atoms with Crippen molar-refractivity contribution in [1.29, 1.82) is 0 Å². The van der Waals surface area contributed by atoms with Crippen molar-refractivity contribution in [3.8, 4) is 0 Å². The summed E-state index contributed by atoms with van der Waals surface area (Å²) in [7, 11) is 0. The van der Waals surface area contributed by atoms with Gasteiger partial charge in [-0.2, -0.15) is 0 Å². The van der Waals surface area contributed by atoms with E-state index in [0.29, 0.717) is 19.8 Å². The second-order valence-corrected chi connectivity index (χ2v) is 2.18. The van der Waals surface area contributed by atoms with Crippen molar-refractivity contribution >= 4 is 5.78 Å². The van der Waals surface area contributed by atoms with Crippen LogP contribution < -0.4 is 0 Å². The molecule has 1 fully saturated rings. The molecule has 3 nitrogen and oxygen atoms in total. The summed E-state index contributed by atoms with van der Waals surface area (Å²) in [6, 6.07) is 0. The predicted octanol–water partition coefficient (Wildman–Crippen LogP) is 0.338. The summed E-state index contributed by atoms with van der Waals surface area (Å²) in [5, 5.41) is 0. The third kappa shape index (κ3) is 2.11. The molecule has 3 heteroatoms. The highest BCUT2D eigenvalue weighted by Crippen LogP contribution is 2.06. The van der Waals surface area contributed by atoms with Gasteiger partial charge < -0.3 is 9.47 Å². The van der Waals surface area contributed by atoms with Crippen LogP contribution in [0.4, 0.5) is 0 Å². The molecule has 1 heterocycles. The number of Topliss-reactive ketones (excluding diaryl/α,β-unsaturated/α-hetero) is 1. The lowest BCUT2D eigenvalue weighted by Gasteiger charge is -2.01. The van der Waals surface area contributed by atoms with Crippen LogP contribution in [0, 0.1) is 0 Å². The Bertz CT molecular complexity index is 105. The fourth-order valence-electron chi connectivity index (χ4n) is 0.810. The first-order chi connectivity index (χ1) is 4.29. The van der Waals surface area contributed by atoms with Gasteiger partial charge in [-0.15, -0.1) is 0 Å². The summed E-state index contributed by atoms with van der Waals surface area (Å²) in [5.41, 5.74) is 0. The monoisotopic (exact) mass is 130 g/mol. The van der Waals surface area contributed by atoms with Gasteiger partial charge in [0.1, 0.15) is 12.6 Å². The minimum Gasteiger partial charge on any atom is -0.353 e. The van der Waals surface area contributed by atoms with Crippen LogP contribution in [0.2, 0.25) is 0 Å².